The van der Waals surface area contributed by atoms with Crippen LogP contribution in [-0.2, 0) is 0 Å². The minimum absolute atomic E-state index is 0.0772. The Kier molecular flexibility index (Phi) is 3.55. The fraction of sp³-hybridized carbons (Fsp3) is 0.500. The van der Waals surface area contributed by atoms with E-state index in [9.17, 15) is 9.18 Å². The Morgan fingerprint density at radius 1 is 1.50 bits per heavy atom. The van der Waals surface area contributed by atoms with Gasteiger partial charge in [-0.05, 0) is 37.0 Å². The Hall–Kier alpha value is -1.58. The summed E-state index contributed by atoms with van der Waals surface area (Å²) in [7, 11) is 0. The molecule has 1 aromatic carbocycles. The Bertz CT molecular complexity index is 455. The largest absolute Gasteiger partial charge is 0.396 e. The van der Waals surface area contributed by atoms with Crippen LogP contribution in [0.3, 0.4) is 0 Å². The quantitative estimate of drug-likeness (QED) is 0.835. The maximum atomic E-state index is 13.4. The van der Waals surface area contributed by atoms with Gasteiger partial charge in [0, 0.05) is 18.2 Å². The zero-order valence-corrected chi connectivity index (χ0v) is 10.8. The van der Waals surface area contributed by atoms with Crippen molar-refractivity contribution in [2.75, 3.05) is 12.3 Å². The molecule has 0 heterocycles. The number of carbonyl (C=O) groups is 1. The molecule has 0 aromatic heterocycles. The van der Waals surface area contributed by atoms with Crippen molar-refractivity contribution in [2.45, 2.75) is 32.7 Å². The molecule has 98 valence electrons. The molecule has 1 aliphatic carbocycles. The molecular formula is C14H19FN2O. The van der Waals surface area contributed by atoms with E-state index in [0.717, 1.165) is 19.4 Å². The second-order valence-electron chi connectivity index (χ2n) is 5.32. The second kappa shape index (κ2) is 4.96. The number of halogens is 1. The molecule has 1 saturated carbocycles. The van der Waals surface area contributed by atoms with E-state index in [1.807, 2.05) is 4.90 Å². The molecule has 0 spiro atoms. The summed E-state index contributed by atoms with van der Waals surface area (Å²) in [6.45, 7) is 4.87. The van der Waals surface area contributed by atoms with Crippen LogP contribution in [0.25, 0.3) is 0 Å². The number of carbonyl (C=O) groups excluding carboxylic acids is 1. The first-order valence-electron chi connectivity index (χ1n) is 6.35. The minimum Gasteiger partial charge on any atom is -0.396 e. The van der Waals surface area contributed by atoms with Crippen molar-refractivity contribution in [1.29, 1.82) is 0 Å². The van der Waals surface area contributed by atoms with Crippen LogP contribution in [0.15, 0.2) is 18.2 Å². The zero-order valence-electron chi connectivity index (χ0n) is 10.8. The molecule has 1 aromatic rings. The lowest BCUT2D eigenvalue weighted by Crippen LogP contribution is -2.36. The van der Waals surface area contributed by atoms with Gasteiger partial charge in [-0.2, -0.15) is 0 Å². The lowest BCUT2D eigenvalue weighted by molar-refractivity contribution is 0.0722. The van der Waals surface area contributed by atoms with E-state index >= 15 is 0 Å². The second-order valence-corrected chi connectivity index (χ2v) is 5.32. The van der Waals surface area contributed by atoms with Gasteiger partial charge >= 0.3 is 0 Å². The number of benzene rings is 1. The fourth-order valence-corrected chi connectivity index (χ4v) is 2.00. The van der Waals surface area contributed by atoms with Gasteiger partial charge in [0.15, 0.2) is 0 Å². The van der Waals surface area contributed by atoms with Crippen LogP contribution >= 0.6 is 0 Å². The van der Waals surface area contributed by atoms with E-state index in [4.69, 9.17) is 5.73 Å². The van der Waals surface area contributed by atoms with Gasteiger partial charge in [-0.3, -0.25) is 4.79 Å². The third-order valence-electron chi connectivity index (χ3n) is 3.06. The first-order valence-corrected chi connectivity index (χ1v) is 6.35. The molecule has 0 saturated heterocycles. The van der Waals surface area contributed by atoms with Crippen molar-refractivity contribution < 1.29 is 9.18 Å². The molecule has 1 amide bonds. The Morgan fingerprint density at radius 3 is 2.67 bits per heavy atom. The summed E-state index contributed by atoms with van der Waals surface area (Å²) >= 11 is 0. The van der Waals surface area contributed by atoms with Crippen molar-refractivity contribution in [3.63, 3.8) is 0 Å². The standard InChI is InChI=1S/C14H19FN2O/c1-9(2)8-17(11-4-5-11)14(18)10-3-6-13(16)12(15)7-10/h3,6-7,9,11H,4-5,8,16H2,1-2H3. The van der Waals surface area contributed by atoms with Crippen molar-refractivity contribution in [3.05, 3.63) is 29.6 Å². The summed E-state index contributed by atoms with van der Waals surface area (Å²) in [5.74, 6) is -0.209. The van der Waals surface area contributed by atoms with E-state index < -0.39 is 5.82 Å². The first kappa shape index (κ1) is 12.9. The maximum Gasteiger partial charge on any atom is 0.254 e. The number of amides is 1. The molecule has 1 fully saturated rings. The van der Waals surface area contributed by atoms with E-state index in [1.165, 1.54) is 12.1 Å². The molecule has 0 aliphatic heterocycles. The molecule has 4 heteroatoms. The molecule has 1 aliphatic rings. The number of hydrogen-bond acceptors (Lipinski definition) is 2. The highest BCUT2D eigenvalue weighted by Gasteiger charge is 2.33. The minimum atomic E-state index is -0.527. The van der Waals surface area contributed by atoms with Crippen molar-refractivity contribution >= 4 is 11.6 Å². The van der Waals surface area contributed by atoms with Gasteiger partial charge in [0.25, 0.3) is 5.91 Å². The first-order chi connectivity index (χ1) is 8.49. The predicted molar refractivity (Wildman–Crippen MR) is 69.7 cm³/mol. The van der Waals surface area contributed by atoms with Crippen molar-refractivity contribution in [2.24, 2.45) is 5.92 Å². The Balaban J connectivity index is 2.19. The molecule has 0 radical (unpaired) electrons. The Morgan fingerprint density at radius 2 is 2.17 bits per heavy atom. The summed E-state index contributed by atoms with van der Waals surface area (Å²) in [6.07, 6.45) is 2.10. The number of rotatable bonds is 4. The average molecular weight is 250 g/mol. The number of nitrogens with two attached hydrogens (primary N) is 1. The summed E-state index contributed by atoms with van der Waals surface area (Å²) in [4.78, 5) is 14.2. The molecule has 0 bridgehead atoms. The lowest BCUT2D eigenvalue weighted by atomic mass is 10.1. The molecule has 2 N–H and O–H groups in total. The van der Waals surface area contributed by atoms with Crippen LogP contribution in [0, 0.1) is 11.7 Å². The van der Waals surface area contributed by atoms with E-state index in [-0.39, 0.29) is 11.6 Å². The van der Waals surface area contributed by atoms with Gasteiger partial charge in [-0.1, -0.05) is 13.8 Å². The van der Waals surface area contributed by atoms with Gasteiger partial charge in [0.1, 0.15) is 5.82 Å². The molecule has 2 rings (SSSR count). The normalized spacial score (nSPS) is 14.9. The molecule has 0 unspecified atom stereocenters. The van der Waals surface area contributed by atoms with Crippen LogP contribution in [0.5, 0.6) is 0 Å². The third-order valence-corrected chi connectivity index (χ3v) is 3.06. The van der Waals surface area contributed by atoms with Crippen LogP contribution in [-0.4, -0.2) is 23.4 Å². The van der Waals surface area contributed by atoms with Crippen LogP contribution in [0.1, 0.15) is 37.0 Å². The van der Waals surface area contributed by atoms with Crippen molar-refractivity contribution in [1.82, 2.24) is 4.90 Å². The van der Waals surface area contributed by atoms with Crippen LogP contribution < -0.4 is 5.73 Å². The summed E-state index contributed by atoms with van der Waals surface area (Å²) in [5, 5.41) is 0. The van der Waals surface area contributed by atoms with E-state index in [2.05, 4.69) is 13.8 Å². The summed E-state index contributed by atoms with van der Waals surface area (Å²) in [6, 6.07) is 4.60. The summed E-state index contributed by atoms with van der Waals surface area (Å²) < 4.78 is 13.4. The SMILES string of the molecule is CC(C)CN(C(=O)c1ccc(N)c(F)c1)C1CC1. The molecule has 0 atom stereocenters. The van der Waals surface area contributed by atoms with Crippen LogP contribution in [0.2, 0.25) is 0 Å². The average Bonchev–Trinajstić information content (AvgIpc) is 3.12. The van der Waals surface area contributed by atoms with Gasteiger partial charge in [0.2, 0.25) is 0 Å². The van der Waals surface area contributed by atoms with Crippen LogP contribution in [0.4, 0.5) is 10.1 Å². The number of nitrogens with zero attached hydrogens (tertiary/aromatic N) is 1. The van der Waals surface area contributed by atoms with Gasteiger partial charge in [-0.25, -0.2) is 4.39 Å². The number of anilines is 1. The highest BCUT2D eigenvalue weighted by atomic mass is 19.1. The van der Waals surface area contributed by atoms with Crippen molar-refractivity contribution in [3.8, 4) is 0 Å². The topological polar surface area (TPSA) is 46.3 Å². The molecular weight excluding hydrogens is 231 g/mol. The highest BCUT2D eigenvalue weighted by molar-refractivity contribution is 5.95. The zero-order chi connectivity index (χ0) is 13.3. The maximum absolute atomic E-state index is 13.4. The van der Waals surface area contributed by atoms with Gasteiger partial charge in [0.05, 0.1) is 5.69 Å². The highest BCUT2D eigenvalue weighted by Crippen LogP contribution is 2.29. The number of nitrogen functional groups attached to an aromatic ring is 1. The number of hydrogen-bond donors (Lipinski definition) is 1. The smallest absolute Gasteiger partial charge is 0.254 e. The van der Waals surface area contributed by atoms with Gasteiger partial charge < -0.3 is 10.6 Å². The molecule has 18 heavy (non-hydrogen) atoms. The lowest BCUT2D eigenvalue weighted by Gasteiger charge is -2.24. The molecule has 3 nitrogen and oxygen atoms in total. The predicted octanol–water partition coefficient (Wildman–Crippen LogP) is 2.67. The van der Waals surface area contributed by atoms with E-state index in [0.29, 0.717) is 17.5 Å². The summed E-state index contributed by atoms with van der Waals surface area (Å²) in [5.41, 5.74) is 5.88. The van der Waals surface area contributed by atoms with E-state index in [1.54, 1.807) is 6.07 Å². The monoisotopic (exact) mass is 250 g/mol. The third kappa shape index (κ3) is 2.81. The fourth-order valence-electron chi connectivity index (χ4n) is 2.00. The Labute approximate surface area is 107 Å². The van der Waals surface area contributed by atoms with Gasteiger partial charge in [-0.15, -0.1) is 0 Å².